The molecule has 0 radical (unpaired) electrons. The monoisotopic (exact) mass is 364 g/mol. The van der Waals surface area contributed by atoms with E-state index in [0.29, 0.717) is 18.0 Å². The highest BCUT2D eigenvalue weighted by atomic mass is 32.2. The number of hydrogen-bond donors (Lipinski definition) is 0. The van der Waals surface area contributed by atoms with Crippen LogP contribution in [0.4, 0.5) is 0 Å². The minimum atomic E-state index is -3.10. The summed E-state index contributed by atoms with van der Waals surface area (Å²) >= 11 is 0. The Hall–Kier alpha value is -1.40. The Labute approximate surface area is 150 Å². The van der Waals surface area contributed by atoms with E-state index in [2.05, 4.69) is 18.7 Å². The summed E-state index contributed by atoms with van der Waals surface area (Å²) in [5.74, 6) is 0.692. The van der Waals surface area contributed by atoms with Gasteiger partial charge in [0.05, 0.1) is 17.5 Å². The maximum Gasteiger partial charge on any atom is 0.254 e. The number of fused-ring (bicyclic) bond motifs is 1. The first-order valence-electron chi connectivity index (χ1n) is 9.00. The summed E-state index contributed by atoms with van der Waals surface area (Å²) in [6.07, 6.45) is 0. The molecule has 1 aromatic carbocycles. The van der Waals surface area contributed by atoms with Crippen LogP contribution in [0.25, 0.3) is 0 Å². The lowest BCUT2D eigenvalue weighted by Crippen LogP contribution is -2.61. The fourth-order valence-electron chi connectivity index (χ4n) is 4.24. The third-order valence-electron chi connectivity index (χ3n) is 5.12. The molecule has 5 nitrogen and oxygen atoms in total. The van der Waals surface area contributed by atoms with Gasteiger partial charge in [-0.05, 0) is 31.9 Å². The van der Waals surface area contributed by atoms with E-state index in [0.717, 1.165) is 24.2 Å². The zero-order chi connectivity index (χ0) is 18.4. The first-order chi connectivity index (χ1) is 11.7. The van der Waals surface area contributed by atoms with Gasteiger partial charge in [-0.2, -0.15) is 0 Å². The van der Waals surface area contributed by atoms with E-state index in [1.807, 2.05) is 32.0 Å². The molecule has 2 fully saturated rings. The molecule has 1 amide bonds. The highest BCUT2D eigenvalue weighted by Crippen LogP contribution is 2.29. The highest BCUT2D eigenvalue weighted by molar-refractivity contribution is 7.91. The van der Waals surface area contributed by atoms with Crippen molar-refractivity contribution in [3.8, 4) is 0 Å². The summed E-state index contributed by atoms with van der Waals surface area (Å²) in [4.78, 5) is 17.2. The Kier molecular flexibility index (Phi) is 4.95. The molecule has 6 heteroatoms. The molecule has 2 saturated heterocycles. The molecule has 138 valence electrons. The standard InChI is InChI=1S/C19H28N2O3S/c1-13(2)10-20-5-6-21(18-12-25(23,24)11-17(18)20)19(22)16-8-14(3)7-15(4)9-16/h7-9,13,17-18H,5-6,10-12H2,1-4H3/t17-,18+/m1/s1. The third kappa shape index (κ3) is 3.90. The largest absolute Gasteiger partial charge is 0.332 e. The van der Waals surface area contributed by atoms with Crippen LogP contribution in [0, 0.1) is 19.8 Å². The predicted molar refractivity (Wildman–Crippen MR) is 99.6 cm³/mol. The van der Waals surface area contributed by atoms with Gasteiger partial charge in [-0.1, -0.05) is 31.0 Å². The molecule has 2 atom stereocenters. The zero-order valence-electron chi connectivity index (χ0n) is 15.5. The van der Waals surface area contributed by atoms with E-state index in [-0.39, 0.29) is 29.5 Å². The van der Waals surface area contributed by atoms with Crippen molar-refractivity contribution in [2.75, 3.05) is 31.1 Å². The van der Waals surface area contributed by atoms with Gasteiger partial charge in [0.25, 0.3) is 5.91 Å². The minimum absolute atomic E-state index is 0.0388. The number of nitrogens with zero attached hydrogens (tertiary/aromatic N) is 2. The van der Waals surface area contributed by atoms with E-state index in [1.165, 1.54) is 0 Å². The number of amides is 1. The average Bonchev–Trinajstić information content (AvgIpc) is 2.81. The lowest BCUT2D eigenvalue weighted by Gasteiger charge is -2.44. The van der Waals surface area contributed by atoms with Crippen molar-refractivity contribution in [2.45, 2.75) is 39.8 Å². The van der Waals surface area contributed by atoms with Crippen LogP contribution in [0.5, 0.6) is 0 Å². The molecule has 0 aliphatic carbocycles. The second-order valence-electron chi connectivity index (χ2n) is 7.98. The van der Waals surface area contributed by atoms with E-state index < -0.39 is 9.84 Å². The summed E-state index contributed by atoms with van der Waals surface area (Å²) in [6, 6.07) is 5.53. The molecule has 3 rings (SSSR count). The number of carbonyl (C=O) groups excluding carboxylic acids is 1. The van der Waals surface area contributed by atoms with Crippen LogP contribution in [0.15, 0.2) is 18.2 Å². The second kappa shape index (κ2) is 6.72. The molecular formula is C19H28N2O3S. The van der Waals surface area contributed by atoms with Gasteiger partial charge in [0.2, 0.25) is 0 Å². The first kappa shape index (κ1) is 18.4. The summed E-state index contributed by atoms with van der Waals surface area (Å²) in [6.45, 7) is 10.5. The SMILES string of the molecule is Cc1cc(C)cc(C(=O)N2CCN(CC(C)C)[C@@H]3CS(=O)(=O)C[C@@H]32)c1. The molecule has 0 N–H and O–H groups in total. The Morgan fingerprint density at radius 2 is 1.68 bits per heavy atom. The van der Waals surface area contributed by atoms with E-state index in [9.17, 15) is 13.2 Å². The van der Waals surface area contributed by atoms with Crippen LogP contribution >= 0.6 is 0 Å². The molecule has 0 spiro atoms. The molecular weight excluding hydrogens is 336 g/mol. The van der Waals surface area contributed by atoms with Crippen LogP contribution in [-0.4, -0.2) is 67.3 Å². The summed E-state index contributed by atoms with van der Waals surface area (Å²) in [7, 11) is -3.10. The molecule has 2 aliphatic rings. The lowest BCUT2D eigenvalue weighted by atomic mass is 10.0. The van der Waals surface area contributed by atoms with Gasteiger partial charge < -0.3 is 4.90 Å². The topological polar surface area (TPSA) is 57.7 Å². The normalized spacial score (nSPS) is 26.0. The van der Waals surface area contributed by atoms with Crippen molar-refractivity contribution in [1.82, 2.24) is 9.80 Å². The molecule has 0 aromatic heterocycles. The maximum atomic E-state index is 13.1. The van der Waals surface area contributed by atoms with Crippen LogP contribution in [0.2, 0.25) is 0 Å². The van der Waals surface area contributed by atoms with Gasteiger partial charge in [0, 0.05) is 31.2 Å². The number of carbonyl (C=O) groups is 1. The Morgan fingerprint density at radius 1 is 1.08 bits per heavy atom. The lowest BCUT2D eigenvalue weighted by molar-refractivity contribution is 0.0297. The van der Waals surface area contributed by atoms with Crippen LogP contribution < -0.4 is 0 Å². The molecule has 1 aromatic rings. The van der Waals surface area contributed by atoms with Crippen molar-refractivity contribution in [3.05, 3.63) is 34.9 Å². The van der Waals surface area contributed by atoms with Crippen LogP contribution in [0.1, 0.15) is 35.3 Å². The number of piperazine rings is 1. The molecule has 2 heterocycles. The van der Waals surface area contributed by atoms with E-state index in [4.69, 9.17) is 0 Å². The van der Waals surface area contributed by atoms with Gasteiger partial charge in [-0.15, -0.1) is 0 Å². The number of aryl methyl sites for hydroxylation is 2. The quantitative estimate of drug-likeness (QED) is 0.822. The van der Waals surface area contributed by atoms with Gasteiger partial charge in [-0.25, -0.2) is 8.42 Å². The summed E-state index contributed by atoms with van der Waals surface area (Å²) in [5, 5.41) is 0. The van der Waals surface area contributed by atoms with Crippen molar-refractivity contribution in [1.29, 1.82) is 0 Å². The maximum absolute atomic E-state index is 13.1. The average molecular weight is 365 g/mol. The van der Waals surface area contributed by atoms with Crippen molar-refractivity contribution < 1.29 is 13.2 Å². The second-order valence-corrected chi connectivity index (χ2v) is 10.1. The van der Waals surface area contributed by atoms with Crippen molar-refractivity contribution in [2.24, 2.45) is 5.92 Å². The van der Waals surface area contributed by atoms with Crippen LogP contribution in [0.3, 0.4) is 0 Å². The van der Waals surface area contributed by atoms with Crippen molar-refractivity contribution >= 4 is 15.7 Å². The fourth-order valence-corrected chi connectivity index (χ4v) is 6.25. The molecule has 0 unspecified atom stereocenters. The van der Waals surface area contributed by atoms with Gasteiger partial charge >= 0.3 is 0 Å². The summed E-state index contributed by atoms with van der Waals surface area (Å²) in [5.41, 5.74) is 2.77. The van der Waals surface area contributed by atoms with Gasteiger partial charge in [0.1, 0.15) is 0 Å². The number of benzene rings is 1. The Balaban J connectivity index is 1.89. The fraction of sp³-hybridized carbons (Fsp3) is 0.632. The predicted octanol–water partition coefficient (Wildman–Crippen LogP) is 1.88. The van der Waals surface area contributed by atoms with E-state index in [1.54, 1.807) is 4.90 Å². The zero-order valence-corrected chi connectivity index (χ0v) is 16.3. The van der Waals surface area contributed by atoms with Crippen molar-refractivity contribution in [3.63, 3.8) is 0 Å². The Bertz CT molecular complexity index is 753. The molecule has 0 bridgehead atoms. The minimum Gasteiger partial charge on any atom is -0.332 e. The van der Waals surface area contributed by atoms with E-state index >= 15 is 0 Å². The summed E-state index contributed by atoms with van der Waals surface area (Å²) < 4.78 is 24.6. The number of hydrogen-bond acceptors (Lipinski definition) is 4. The van der Waals surface area contributed by atoms with Gasteiger partial charge in [-0.3, -0.25) is 9.69 Å². The number of sulfone groups is 1. The molecule has 25 heavy (non-hydrogen) atoms. The first-order valence-corrected chi connectivity index (χ1v) is 10.8. The Morgan fingerprint density at radius 3 is 2.28 bits per heavy atom. The molecule has 0 saturated carbocycles. The smallest absolute Gasteiger partial charge is 0.254 e. The molecule has 2 aliphatic heterocycles. The third-order valence-corrected chi connectivity index (χ3v) is 6.82. The highest BCUT2D eigenvalue weighted by Gasteiger charge is 2.48. The number of rotatable bonds is 3. The van der Waals surface area contributed by atoms with Crippen LogP contribution in [-0.2, 0) is 9.84 Å². The van der Waals surface area contributed by atoms with Gasteiger partial charge in [0.15, 0.2) is 9.84 Å².